The predicted octanol–water partition coefficient (Wildman–Crippen LogP) is 4.40. The molecule has 3 aromatic rings. The number of amides is 1. The van der Waals surface area contributed by atoms with E-state index in [1.54, 1.807) is 30.7 Å². The smallest absolute Gasteiger partial charge is 0.271 e. The molecule has 0 bridgehead atoms. The summed E-state index contributed by atoms with van der Waals surface area (Å²) in [6.45, 7) is 5.51. The molecule has 2 aromatic carbocycles. The number of hydrogen-bond acceptors (Lipinski definition) is 6. The maximum Gasteiger partial charge on any atom is 0.271 e. The lowest BCUT2D eigenvalue weighted by Gasteiger charge is -2.13. The van der Waals surface area contributed by atoms with Crippen LogP contribution in [0, 0.1) is 6.92 Å². The molecular formula is C25H27N3O4. The third kappa shape index (κ3) is 6.84. The van der Waals surface area contributed by atoms with Crippen LogP contribution in [0.3, 0.4) is 0 Å². The van der Waals surface area contributed by atoms with Crippen molar-refractivity contribution in [3.05, 3.63) is 83.7 Å². The van der Waals surface area contributed by atoms with Gasteiger partial charge in [-0.15, -0.1) is 0 Å². The van der Waals surface area contributed by atoms with Crippen molar-refractivity contribution in [1.82, 2.24) is 10.4 Å². The van der Waals surface area contributed by atoms with Gasteiger partial charge in [0.15, 0.2) is 11.5 Å². The molecule has 0 aliphatic heterocycles. The van der Waals surface area contributed by atoms with Gasteiger partial charge in [-0.3, -0.25) is 9.78 Å². The highest BCUT2D eigenvalue weighted by Gasteiger charge is 2.07. The van der Waals surface area contributed by atoms with Crippen LogP contribution in [-0.2, 0) is 0 Å². The van der Waals surface area contributed by atoms with Crippen molar-refractivity contribution < 1.29 is 19.0 Å². The quantitative estimate of drug-likeness (QED) is 0.275. The second kappa shape index (κ2) is 12.1. The zero-order valence-corrected chi connectivity index (χ0v) is 18.3. The number of ether oxygens (including phenoxy) is 3. The van der Waals surface area contributed by atoms with Gasteiger partial charge >= 0.3 is 0 Å². The van der Waals surface area contributed by atoms with Crippen molar-refractivity contribution >= 4 is 12.1 Å². The molecular weight excluding hydrogens is 406 g/mol. The lowest BCUT2D eigenvalue weighted by Crippen LogP contribution is -2.17. The number of pyridine rings is 1. The SMILES string of the molecule is CCOc1cc(/C=N\NC(=O)c2ccncc2)ccc1OCCCOc1ccccc1C. The molecule has 1 heterocycles. The van der Waals surface area contributed by atoms with Gasteiger partial charge in [-0.1, -0.05) is 18.2 Å². The summed E-state index contributed by atoms with van der Waals surface area (Å²) in [5.74, 6) is 1.86. The van der Waals surface area contributed by atoms with E-state index in [1.807, 2.05) is 56.3 Å². The van der Waals surface area contributed by atoms with E-state index in [2.05, 4.69) is 15.5 Å². The van der Waals surface area contributed by atoms with E-state index in [-0.39, 0.29) is 5.91 Å². The van der Waals surface area contributed by atoms with Gasteiger partial charge in [-0.05, 0) is 61.4 Å². The summed E-state index contributed by atoms with van der Waals surface area (Å²) in [5.41, 5.74) is 4.87. The molecule has 32 heavy (non-hydrogen) atoms. The first-order valence-corrected chi connectivity index (χ1v) is 10.5. The minimum Gasteiger partial charge on any atom is -0.493 e. The van der Waals surface area contributed by atoms with E-state index >= 15 is 0 Å². The average Bonchev–Trinajstić information content (AvgIpc) is 2.82. The first-order valence-electron chi connectivity index (χ1n) is 10.5. The lowest BCUT2D eigenvalue weighted by atomic mass is 10.2. The first-order chi connectivity index (χ1) is 15.7. The minimum absolute atomic E-state index is 0.304. The fourth-order valence-corrected chi connectivity index (χ4v) is 2.87. The van der Waals surface area contributed by atoms with Crippen LogP contribution in [0.25, 0.3) is 0 Å². The monoisotopic (exact) mass is 433 g/mol. The number of hydrazone groups is 1. The van der Waals surface area contributed by atoms with Gasteiger partial charge in [0.1, 0.15) is 5.75 Å². The third-order valence-corrected chi connectivity index (χ3v) is 4.49. The second-order valence-corrected chi connectivity index (χ2v) is 6.89. The summed E-state index contributed by atoms with van der Waals surface area (Å²) in [7, 11) is 0. The van der Waals surface area contributed by atoms with E-state index in [9.17, 15) is 4.79 Å². The summed E-state index contributed by atoms with van der Waals surface area (Å²) in [6, 6.07) is 16.7. The maximum atomic E-state index is 12.0. The molecule has 7 nitrogen and oxygen atoms in total. The van der Waals surface area contributed by atoms with E-state index in [0.717, 1.165) is 23.3 Å². The molecule has 0 saturated carbocycles. The van der Waals surface area contributed by atoms with Gasteiger partial charge in [-0.25, -0.2) is 5.43 Å². The number of benzene rings is 2. The molecule has 0 unspecified atom stereocenters. The molecule has 1 aromatic heterocycles. The molecule has 3 rings (SSSR count). The molecule has 0 fully saturated rings. The van der Waals surface area contributed by atoms with Crippen LogP contribution < -0.4 is 19.6 Å². The lowest BCUT2D eigenvalue weighted by molar-refractivity contribution is 0.0955. The molecule has 0 spiro atoms. The highest BCUT2D eigenvalue weighted by atomic mass is 16.5. The van der Waals surface area contributed by atoms with Gasteiger partial charge < -0.3 is 14.2 Å². The molecule has 166 valence electrons. The third-order valence-electron chi connectivity index (χ3n) is 4.49. The Bertz CT molecular complexity index is 1040. The molecule has 0 atom stereocenters. The van der Waals surface area contributed by atoms with Crippen molar-refractivity contribution in [2.24, 2.45) is 5.10 Å². The van der Waals surface area contributed by atoms with Crippen LogP contribution in [0.15, 0.2) is 72.1 Å². The van der Waals surface area contributed by atoms with Crippen LogP contribution in [-0.4, -0.2) is 36.9 Å². The van der Waals surface area contributed by atoms with Crippen molar-refractivity contribution in [2.45, 2.75) is 20.3 Å². The van der Waals surface area contributed by atoms with Gasteiger partial charge in [0.25, 0.3) is 5.91 Å². The molecule has 0 aliphatic rings. The van der Waals surface area contributed by atoms with E-state index < -0.39 is 0 Å². The maximum absolute atomic E-state index is 12.0. The number of aryl methyl sites for hydroxylation is 1. The largest absolute Gasteiger partial charge is 0.493 e. The van der Waals surface area contributed by atoms with Crippen molar-refractivity contribution in [1.29, 1.82) is 0 Å². The Hall–Kier alpha value is -3.87. The van der Waals surface area contributed by atoms with Gasteiger partial charge in [0, 0.05) is 24.4 Å². The summed E-state index contributed by atoms with van der Waals surface area (Å²) in [4.78, 5) is 15.9. The van der Waals surface area contributed by atoms with E-state index in [4.69, 9.17) is 14.2 Å². The highest BCUT2D eigenvalue weighted by molar-refractivity contribution is 5.94. The summed E-state index contributed by atoms with van der Waals surface area (Å²) in [5, 5.41) is 4.01. The molecule has 0 saturated heterocycles. The van der Waals surface area contributed by atoms with Gasteiger partial charge in [0.05, 0.1) is 26.0 Å². The van der Waals surface area contributed by atoms with Crippen molar-refractivity contribution in [2.75, 3.05) is 19.8 Å². The van der Waals surface area contributed by atoms with Crippen LogP contribution in [0.4, 0.5) is 0 Å². The van der Waals surface area contributed by atoms with E-state index in [1.165, 1.54) is 0 Å². The van der Waals surface area contributed by atoms with Crippen LogP contribution in [0.5, 0.6) is 17.2 Å². The molecule has 0 aliphatic carbocycles. The molecule has 1 amide bonds. The number of carbonyl (C=O) groups is 1. The second-order valence-electron chi connectivity index (χ2n) is 6.89. The van der Waals surface area contributed by atoms with Crippen LogP contribution in [0.2, 0.25) is 0 Å². The zero-order chi connectivity index (χ0) is 22.6. The first kappa shape index (κ1) is 22.8. The molecule has 7 heteroatoms. The number of hydrogen-bond donors (Lipinski definition) is 1. The number of carbonyl (C=O) groups excluding carboxylic acids is 1. The number of nitrogens with one attached hydrogen (secondary N) is 1. The van der Waals surface area contributed by atoms with Crippen LogP contribution >= 0.6 is 0 Å². The standard InChI is InChI=1S/C25H27N3O4/c1-3-30-24-17-20(18-27-28-25(29)21-11-13-26-14-12-21)9-10-23(24)32-16-6-15-31-22-8-5-4-7-19(22)2/h4-5,7-14,17-18H,3,6,15-16H2,1-2H3,(H,28,29)/b27-18-. The number of nitrogens with zero attached hydrogens (tertiary/aromatic N) is 2. The number of rotatable bonds is 11. The Kier molecular flexibility index (Phi) is 8.62. The van der Waals surface area contributed by atoms with Crippen LogP contribution in [0.1, 0.15) is 34.8 Å². The van der Waals surface area contributed by atoms with E-state index in [0.29, 0.717) is 36.9 Å². The molecule has 0 radical (unpaired) electrons. The minimum atomic E-state index is -0.304. The molecule has 1 N–H and O–H groups in total. The van der Waals surface area contributed by atoms with Gasteiger partial charge in [-0.2, -0.15) is 5.10 Å². The fraction of sp³-hybridized carbons (Fsp3) is 0.240. The normalized spacial score (nSPS) is 10.7. The van der Waals surface area contributed by atoms with Gasteiger partial charge in [0.2, 0.25) is 0 Å². The number of para-hydroxylation sites is 1. The zero-order valence-electron chi connectivity index (χ0n) is 18.3. The fourth-order valence-electron chi connectivity index (χ4n) is 2.87. The summed E-state index contributed by atoms with van der Waals surface area (Å²) < 4.78 is 17.4. The van der Waals surface area contributed by atoms with Crippen molar-refractivity contribution in [3.8, 4) is 17.2 Å². The Labute approximate surface area is 188 Å². The Morgan fingerprint density at radius 2 is 1.72 bits per heavy atom. The average molecular weight is 434 g/mol. The summed E-state index contributed by atoms with van der Waals surface area (Å²) >= 11 is 0. The highest BCUT2D eigenvalue weighted by Crippen LogP contribution is 2.28. The Morgan fingerprint density at radius 3 is 2.47 bits per heavy atom. The predicted molar refractivity (Wildman–Crippen MR) is 124 cm³/mol. The number of aromatic nitrogens is 1. The Balaban J connectivity index is 1.51. The Morgan fingerprint density at radius 1 is 0.969 bits per heavy atom. The van der Waals surface area contributed by atoms with Crippen molar-refractivity contribution in [3.63, 3.8) is 0 Å². The topological polar surface area (TPSA) is 82.0 Å². The summed E-state index contributed by atoms with van der Waals surface area (Å²) in [6.07, 6.45) is 5.41.